The van der Waals surface area contributed by atoms with Crippen molar-refractivity contribution in [1.29, 1.82) is 21.6 Å². The number of ether oxygens (including phenoxy) is 2. The number of nitrogens with zero attached hydrogens (tertiary/aromatic N) is 3. The summed E-state index contributed by atoms with van der Waals surface area (Å²) in [5, 5.41) is 40.7. The lowest BCUT2D eigenvalue weighted by atomic mass is 10.1. The Bertz CT molecular complexity index is 901. The number of unbranched alkanes of at least 4 members (excludes halogenated alkanes) is 12. The van der Waals surface area contributed by atoms with Gasteiger partial charge in [0, 0.05) is 65.4 Å². The fraction of sp³-hybridized carbons (Fsp3) is 0.833. The Balaban J connectivity index is 4.69. The highest BCUT2D eigenvalue weighted by molar-refractivity contribution is 5.76. The summed E-state index contributed by atoms with van der Waals surface area (Å²) in [6.07, 6.45) is 14.4. The van der Waals surface area contributed by atoms with Gasteiger partial charge in [-0.1, -0.05) is 51.4 Å². The van der Waals surface area contributed by atoms with Gasteiger partial charge in [0.2, 0.25) is 0 Å². The van der Waals surface area contributed by atoms with Crippen molar-refractivity contribution in [2.75, 3.05) is 85.7 Å². The lowest BCUT2D eigenvalue weighted by molar-refractivity contribution is 0.0793. The van der Waals surface area contributed by atoms with Crippen LogP contribution in [-0.4, -0.2) is 136 Å². The molecule has 18 heteroatoms. The van der Waals surface area contributed by atoms with E-state index in [9.17, 15) is 9.59 Å². The quantitative estimate of drug-likeness (QED) is 0.0256. The van der Waals surface area contributed by atoms with E-state index in [4.69, 9.17) is 48.3 Å². The molecule has 2 amide bonds. The number of amidine groups is 1. The molecule has 14 N–H and O–H groups in total. The molecule has 0 spiro atoms. The molecule has 0 aromatic carbocycles. The maximum absolute atomic E-state index is 13.1. The second kappa shape index (κ2) is 34.5. The molecule has 0 atom stereocenters. The molecule has 0 aromatic rings. The predicted molar refractivity (Wildman–Crippen MR) is 218 cm³/mol. The summed E-state index contributed by atoms with van der Waals surface area (Å²) in [7, 11) is 1.91. The smallest absolute Gasteiger partial charge is 0.409 e. The SMILES string of the molecule is CC(=N)NCCCCCCN(CCCCCCNC(=N)N)C(=O)OCCN(C)CCOC(=O)N(CCCCCCNC(=N)N)CCCCCCNC(=N)N. The number of nitrogens with one attached hydrogen (secondary N) is 8. The number of carbonyl (C=O) groups excluding carboxylic acids is 2. The van der Waals surface area contributed by atoms with E-state index in [-0.39, 0.29) is 43.3 Å². The van der Waals surface area contributed by atoms with Crippen LogP contribution in [0, 0.1) is 21.6 Å². The minimum Gasteiger partial charge on any atom is -0.448 e. The number of guanidine groups is 3. The van der Waals surface area contributed by atoms with Crippen LogP contribution < -0.4 is 38.5 Å². The number of hydrogen-bond acceptors (Lipinski definition) is 9. The van der Waals surface area contributed by atoms with Gasteiger partial charge in [0.05, 0.1) is 5.84 Å². The Morgan fingerprint density at radius 3 is 1.02 bits per heavy atom. The minimum atomic E-state index is -0.321. The van der Waals surface area contributed by atoms with Crippen LogP contribution in [0.15, 0.2) is 0 Å². The number of likely N-dealkylation sites (N-methyl/N-ethyl adjacent to an activating group) is 1. The van der Waals surface area contributed by atoms with Crippen LogP contribution in [0.4, 0.5) is 9.59 Å². The van der Waals surface area contributed by atoms with E-state index in [1.807, 2.05) is 11.9 Å². The number of nitrogens with two attached hydrogens (primary N) is 3. The van der Waals surface area contributed by atoms with E-state index in [0.29, 0.717) is 64.7 Å². The number of hydrogen-bond donors (Lipinski definition) is 11. The standard InChI is InChI=1S/C36H76N14O4/c1-31(37)44-19-11-3-7-15-23-49(24-16-8-4-12-20-45-32(38)39)35(51)53-29-27-48(2)28-30-54-36(52)50(25-17-9-5-13-21-46-33(40)41)26-18-10-6-14-22-47-34(42)43/h3-30H2,1-2H3,(H2,37,44)(H4,38,39,45)(H4,40,41,46)(H4,42,43,47). The topological polar surface area (TPSA) is 284 Å². The fourth-order valence-electron chi connectivity index (χ4n) is 5.53. The van der Waals surface area contributed by atoms with Crippen molar-refractivity contribution < 1.29 is 19.1 Å². The highest BCUT2D eigenvalue weighted by Gasteiger charge is 2.17. The van der Waals surface area contributed by atoms with Gasteiger partial charge in [0.25, 0.3) is 0 Å². The molecule has 0 aliphatic rings. The third-order valence-corrected chi connectivity index (χ3v) is 8.67. The van der Waals surface area contributed by atoms with Gasteiger partial charge in [-0.05, 0) is 65.3 Å². The van der Waals surface area contributed by atoms with Gasteiger partial charge in [-0.15, -0.1) is 0 Å². The van der Waals surface area contributed by atoms with Gasteiger partial charge >= 0.3 is 12.2 Å². The number of rotatable bonds is 34. The molecule has 18 nitrogen and oxygen atoms in total. The molecule has 0 aliphatic carbocycles. The summed E-state index contributed by atoms with van der Waals surface area (Å²) in [6, 6.07) is 0. The summed E-state index contributed by atoms with van der Waals surface area (Å²) in [4.78, 5) is 31.7. The molecule has 0 fully saturated rings. The van der Waals surface area contributed by atoms with Gasteiger partial charge in [0.1, 0.15) is 13.2 Å². The molecule has 0 bridgehead atoms. The van der Waals surface area contributed by atoms with Crippen molar-refractivity contribution in [2.45, 2.75) is 110 Å². The number of amides is 2. The highest BCUT2D eigenvalue weighted by Crippen LogP contribution is 2.09. The first-order valence-corrected chi connectivity index (χ1v) is 20.0. The van der Waals surface area contributed by atoms with Crippen molar-refractivity contribution in [2.24, 2.45) is 17.2 Å². The van der Waals surface area contributed by atoms with Crippen molar-refractivity contribution >= 4 is 35.9 Å². The normalized spacial score (nSPS) is 10.7. The zero-order chi connectivity index (χ0) is 40.2. The van der Waals surface area contributed by atoms with Gasteiger partial charge in [-0.3, -0.25) is 26.5 Å². The molecule has 0 aromatic heterocycles. The Morgan fingerprint density at radius 2 is 0.741 bits per heavy atom. The molecule has 0 saturated heterocycles. The van der Waals surface area contributed by atoms with E-state index in [1.165, 1.54) is 0 Å². The Kier molecular flexibility index (Phi) is 31.8. The second-order valence-corrected chi connectivity index (χ2v) is 13.7. The largest absolute Gasteiger partial charge is 0.448 e. The zero-order valence-corrected chi connectivity index (χ0v) is 33.5. The van der Waals surface area contributed by atoms with Gasteiger partial charge < -0.3 is 57.7 Å². The first-order valence-electron chi connectivity index (χ1n) is 20.0. The zero-order valence-electron chi connectivity index (χ0n) is 33.5. The van der Waals surface area contributed by atoms with E-state index in [2.05, 4.69) is 21.3 Å². The fourth-order valence-corrected chi connectivity index (χ4v) is 5.53. The summed E-state index contributed by atoms with van der Waals surface area (Å²) in [6.45, 7) is 8.52. The van der Waals surface area contributed by atoms with Crippen molar-refractivity contribution in [3.05, 3.63) is 0 Å². The lowest BCUT2D eigenvalue weighted by Crippen LogP contribution is -2.37. The first kappa shape index (κ1) is 49.8. The lowest BCUT2D eigenvalue weighted by Gasteiger charge is -2.24. The minimum absolute atomic E-state index is 0.0178. The molecular weight excluding hydrogens is 692 g/mol. The third-order valence-electron chi connectivity index (χ3n) is 8.67. The van der Waals surface area contributed by atoms with E-state index >= 15 is 0 Å². The van der Waals surface area contributed by atoms with Crippen molar-refractivity contribution in [3.63, 3.8) is 0 Å². The Morgan fingerprint density at radius 1 is 0.463 bits per heavy atom. The summed E-state index contributed by atoms with van der Waals surface area (Å²) < 4.78 is 11.3. The molecule has 0 unspecified atom stereocenters. The second-order valence-electron chi connectivity index (χ2n) is 13.7. The molecular formula is C36H76N14O4. The molecule has 54 heavy (non-hydrogen) atoms. The van der Waals surface area contributed by atoms with E-state index in [0.717, 1.165) is 109 Å². The van der Waals surface area contributed by atoms with Crippen LogP contribution in [0.5, 0.6) is 0 Å². The molecule has 314 valence electrons. The Labute approximate surface area is 324 Å². The van der Waals surface area contributed by atoms with E-state index < -0.39 is 0 Å². The molecule has 0 heterocycles. The molecule has 0 aliphatic heterocycles. The predicted octanol–water partition coefficient (Wildman–Crippen LogP) is 3.07. The van der Waals surface area contributed by atoms with Gasteiger partial charge in [-0.25, -0.2) is 9.59 Å². The monoisotopic (exact) mass is 769 g/mol. The van der Waals surface area contributed by atoms with Crippen LogP contribution in [0.1, 0.15) is 110 Å². The van der Waals surface area contributed by atoms with Crippen LogP contribution in [-0.2, 0) is 9.47 Å². The average Bonchev–Trinajstić information content (AvgIpc) is 3.10. The van der Waals surface area contributed by atoms with E-state index in [1.54, 1.807) is 16.7 Å². The summed E-state index contributed by atoms with van der Waals surface area (Å²) in [5.74, 6) is 0.415. The molecule has 0 radical (unpaired) electrons. The van der Waals surface area contributed by atoms with Crippen LogP contribution in [0.3, 0.4) is 0 Å². The van der Waals surface area contributed by atoms with Crippen LogP contribution in [0.2, 0.25) is 0 Å². The average molecular weight is 769 g/mol. The van der Waals surface area contributed by atoms with Crippen molar-refractivity contribution in [3.8, 4) is 0 Å². The maximum Gasteiger partial charge on any atom is 0.409 e. The summed E-state index contributed by atoms with van der Waals surface area (Å²) in [5.41, 5.74) is 16.0. The number of carbonyl (C=O) groups is 2. The van der Waals surface area contributed by atoms with Crippen molar-refractivity contribution in [1.82, 2.24) is 36.0 Å². The van der Waals surface area contributed by atoms with Gasteiger partial charge in [-0.2, -0.15) is 0 Å². The Hall–Kier alpha value is -4.22. The van der Waals surface area contributed by atoms with Crippen LogP contribution >= 0.6 is 0 Å². The first-order chi connectivity index (χ1) is 25.9. The van der Waals surface area contributed by atoms with Gasteiger partial charge in [0.15, 0.2) is 17.9 Å². The maximum atomic E-state index is 13.1. The molecule has 0 saturated carbocycles. The summed E-state index contributed by atoms with van der Waals surface area (Å²) >= 11 is 0. The van der Waals surface area contributed by atoms with Crippen LogP contribution in [0.25, 0.3) is 0 Å². The third kappa shape index (κ3) is 33.6. The molecule has 0 rings (SSSR count). The highest BCUT2D eigenvalue weighted by atomic mass is 16.6.